The molecular formula is C15H12N6O2S. The highest BCUT2D eigenvalue weighted by molar-refractivity contribution is 7.19. The van der Waals surface area contributed by atoms with Gasteiger partial charge in [-0.05, 0) is 12.1 Å². The zero-order valence-corrected chi connectivity index (χ0v) is 13.7. The van der Waals surface area contributed by atoms with Crippen LogP contribution in [0.15, 0.2) is 36.8 Å². The minimum atomic E-state index is 0.544. The third-order valence-corrected chi connectivity index (χ3v) is 4.35. The van der Waals surface area contributed by atoms with Crippen molar-refractivity contribution in [1.82, 2.24) is 29.8 Å². The summed E-state index contributed by atoms with van der Waals surface area (Å²) in [5.41, 5.74) is 1.44. The maximum atomic E-state index is 5.48. The van der Waals surface area contributed by atoms with Crippen LogP contribution in [0.25, 0.3) is 27.1 Å². The van der Waals surface area contributed by atoms with Crippen LogP contribution in [0.5, 0.6) is 11.5 Å². The van der Waals surface area contributed by atoms with Crippen molar-refractivity contribution in [2.45, 2.75) is 0 Å². The quantitative estimate of drug-likeness (QED) is 0.563. The molecule has 0 atom stereocenters. The highest BCUT2D eigenvalue weighted by Crippen LogP contribution is 2.39. The molecule has 0 saturated heterocycles. The van der Waals surface area contributed by atoms with Gasteiger partial charge in [0.15, 0.2) is 16.5 Å². The van der Waals surface area contributed by atoms with Gasteiger partial charge in [0.05, 0.1) is 26.0 Å². The van der Waals surface area contributed by atoms with Crippen molar-refractivity contribution in [2.24, 2.45) is 0 Å². The predicted molar refractivity (Wildman–Crippen MR) is 88.2 cm³/mol. The van der Waals surface area contributed by atoms with Crippen LogP contribution in [0.4, 0.5) is 0 Å². The molecule has 4 aromatic rings. The Morgan fingerprint density at radius 2 is 2.00 bits per heavy atom. The third kappa shape index (κ3) is 2.26. The summed E-state index contributed by atoms with van der Waals surface area (Å²) in [5, 5.41) is 13.7. The number of hydrogen-bond acceptors (Lipinski definition) is 8. The van der Waals surface area contributed by atoms with Crippen molar-refractivity contribution >= 4 is 16.3 Å². The molecule has 0 saturated carbocycles. The largest absolute Gasteiger partial charge is 0.493 e. The van der Waals surface area contributed by atoms with Crippen LogP contribution in [0, 0.1) is 0 Å². The van der Waals surface area contributed by atoms with Gasteiger partial charge in [0.2, 0.25) is 10.8 Å². The number of benzene rings is 1. The second-order valence-electron chi connectivity index (χ2n) is 4.76. The molecule has 1 aromatic carbocycles. The Morgan fingerprint density at radius 1 is 1.08 bits per heavy atom. The normalized spacial score (nSPS) is 10.9. The fraction of sp³-hybridized carbons (Fsp3) is 0.133. The molecule has 3 heterocycles. The Labute approximate surface area is 140 Å². The summed E-state index contributed by atoms with van der Waals surface area (Å²) in [6.45, 7) is 0. The third-order valence-electron chi connectivity index (χ3n) is 3.42. The van der Waals surface area contributed by atoms with E-state index < -0.39 is 0 Å². The maximum Gasteiger partial charge on any atom is 0.235 e. The average molecular weight is 340 g/mol. The number of nitrogens with zero attached hydrogens (tertiary/aromatic N) is 6. The van der Waals surface area contributed by atoms with Crippen molar-refractivity contribution < 1.29 is 9.47 Å². The first kappa shape index (κ1) is 14.5. The van der Waals surface area contributed by atoms with Crippen LogP contribution in [0.2, 0.25) is 0 Å². The van der Waals surface area contributed by atoms with Gasteiger partial charge in [-0.1, -0.05) is 17.4 Å². The molecular weight excluding hydrogens is 328 g/mol. The molecule has 0 aliphatic heterocycles. The molecule has 0 aliphatic rings. The van der Waals surface area contributed by atoms with Crippen LogP contribution in [-0.2, 0) is 0 Å². The van der Waals surface area contributed by atoms with Gasteiger partial charge in [-0.2, -0.15) is 9.61 Å². The number of ether oxygens (including phenoxy) is 2. The predicted octanol–water partition coefficient (Wildman–Crippen LogP) is 2.33. The number of para-hydroxylation sites is 1. The summed E-state index contributed by atoms with van der Waals surface area (Å²) in [6.07, 6.45) is 4.84. The first-order valence-corrected chi connectivity index (χ1v) is 7.83. The standard InChI is InChI=1S/C15H12N6O2S/c1-22-11-5-3-4-9(12(11)23-2)14-20-21-13(18-19-15(21)24-14)10-8-16-6-7-17-10/h3-8H,1-2H3. The molecule has 4 rings (SSSR count). The van der Waals surface area contributed by atoms with Gasteiger partial charge in [-0.3, -0.25) is 4.98 Å². The molecule has 0 N–H and O–H groups in total. The van der Waals surface area contributed by atoms with E-state index >= 15 is 0 Å². The summed E-state index contributed by atoms with van der Waals surface area (Å²) < 4.78 is 12.5. The number of fused-ring (bicyclic) bond motifs is 1. The van der Waals surface area contributed by atoms with Gasteiger partial charge in [-0.15, -0.1) is 10.2 Å². The summed E-state index contributed by atoms with van der Waals surface area (Å²) in [4.78, 5) is 8.97. The highest BCUT2D eigenvalue weighted by atomic mass is 32.1. The Bertz CT molecular complexity index is 998. The van der Waals surface area contributed by atoms with Crippen molar-refractivity contribution in [2.75, 3.05) is 14.2 Å². The molecule has 120 valence electrons. The van der Waals surface area contributed by atoms with E-state index in [0.29, 0.717) is 28.0 Å². The Kier molecular flexibility index (Phi) is 3.54. The molecule has 0 amide bonds. The Hall–Kier alpha value is -3.07. The molecule has 24 heavy (non-hydrogen) atoms. The minimum Gasteiger partial charge on any atom is -0.493 e. The molecule has 0 fully saturated rings. The fourth-order valence-corrected chi connectivity index (χ4v) is 3.22. The monoisotopic (exact) mass is 340 g/mol. The molecule has 8 nitrogen and oxygen atoms in total. The topological polar surface area (TPSA) is 87.3 Å². The molecule has 9 heteroatoms. The van der Waals surface area contributed by atoms with Gasteiger partial charge in [0.25, 0.3) is 0 Å². The molecule has 3 aromatic heterocycles. The van der Waals surface area contributed by atoms with Gasteiger partial charge < -0.3 is 9.47 Å². The van der Waals surface area contributed by atoms with Gasteiger partial charge in [0.1, 0.15) is 5.69 Å². The van der Waals surface area contributed by atoms with Gasteiger partial charge >= 0.3 is 0 Å². The summed E-state index contributed by atoms with van der Waals surface area (Å²) in [6, 6.07) is 5.66. The van der Waals surface area contributed by atoms with Gasteiger partial charge in [0, 0.05) is 12.4 Å². The molecule has 0 aliphatic carbocycles. The lowest BCUT2D eigenvalue weighted by molar-refractivity contribution is 0.356. The first-order valence-electron chi connectivity index (χ1n) is 7.02. The van der Waals surface area contributed by atoms with Crippen LogP contribution in [-0.4, -0.2) is 44.0 Å². The second kappa shape index (κ2) is 5.85. The van der Waals surface area contributed by atoms with Crippen molar-refractivity contribution in [1.29, 1.82) is 0 Å². The van der Waals surface area contributed by atoms with E-state index in [0.717, 1.165) is 10.6 Å². The zero-order valence-electron chi connectivity index (χ0n) is 12.9. The van der Waals surface area contributed by atoms with Crippen LogP contribution in [0.3, 0.4) is 0 Å². The van der Waals surface area contributed by atoms with E-state index in [-0.39, 0.29) is 0 Å². The zero-order chi connectivity index (χ0) is 16.5. The second-order valence-corrected chi connectivity index (χ2v) is 5.71. The molecule has 0 bridgehead atoms. The van der Waals surface area contributed by atoms with Crippen LogP contribution in [0.1, 0.15) is 0 Å². The van der Waals surface area contributed by atoms with E-state index in [1.807, 2.05) is 18.2 Å². The first-order chi connectivity index (χ1) is 11.8. The van der Waals surface area contributed by atoms with E-state index in [1.54, 1.807) is 37.3 Å². The van der Waals surface area contributed by atoms with E-state index in [1.165, 1.54) is 11.3 Å². The molecule has 0 unspecified atom stereocenters. The average Bonchev–Trinajstić information content (AvgIpc) is 3.22. The van der Waals surface area contributed by atoms with Crippen molar-refractivity contribution in [3.63, 3.8) is 0 Å². The van der Waals surface area contributed by atoms with E-state index in [9.17, 15) is 0 Å². The number of aromatic nitrogens is 6. The summed E-state index contributed by atoms with van der Waals surface area (Å²) in [7, 11) is 3.21. The lowest BCUT2D eigenvalue weighted by Gasteiger charge is -2.10. The molecule has 0 spiro atoms. The Balaban J connectivity index is 1.87. The van der Waals surface area contributed by atoms with Gasteiger partial charge in [-0.25, -0.2) is 4.98 Å². The highest BCUT2D eigenvalue weighted by Gasteiger charge is 2.19. The summed E-state index contributed by atoms with van der Waals surface area (Å²) >= 11 is 1.41. The van der Waals surface area contributed by atoms with Crippen molar-refractivity contribution in [3.8, 4) is 33.6 Å². The van der Waals surface area contributed by atoms with E-state index in [4.69, 9.17) is 9.47 Å². The lowest BCUT2D eigenvalue weighted by atomic mass is 10.2. The maximum absolute atomic E-state index is 5.48. The van der Waals surface area contributed by atoms with Crippen LogP contribution < -0.4 is 9.47 Å². The smallest absolute Gasteiger partial charge is 0.235 e. The summed E-state index contributed by atoms with van der Waals surface area (Å²) in [5.74, 6) is 1.82. The Morgan fingerprint density at radius 3 is 2.75 bits per heavy atom. The minimum absolute atomic E-state index is 0.544. The number of rotatable bonds is 4. The fourth-order valence-electron chi connectivity index (χ4n) is 2.36. The lowest BCUT2D eigenvalue weighted by Crippen LogP contribution is -1.95. The van der Waals surface area contributed by atoms with Crippen molar-refractivity contribution in [3.05, 3.63) is 36.8 Å². The number of hydrogen-bond donors (Lipinski definition) is 0. The van der Waals surface area contributed by atoms with Crippen LogP contribution >= 0.6 is 11.3 Å². The molecule has 0 radical (unpaired) electrons. The SMILES string of the molecule is COc1cccc(-c2nn3c(-c4cnccn4)nnc3s2)c1OC. The number of methoxy groups -OCH3 is 2. The van der Waals surface area contributed by atoms with E-state index in [2.05, 4.69) is 25.3 Å².